The number of aryl methyl sites for hydroxylation is 1. The first-order valence-corrected chi connectivity index (χ1v) is 7.69. The van der Waals surface area contributed by atoms with Crippen LogP contribution < -0.4 is 10.6 Å². The van der Waals surface area contributed by atoms with Gasteiger partial charge in [0.25, 0.3) is 0 Å². The third kappa shape index (κ3) is 2.11. The van der Waals surface area contributed by atoms with Crippen LogP contribution in [0.4, 0.5) is 5.69 Å². The minimum absolute atomic E-state index is 0.746. The van der Waals surface area contributed by atoms with Crippen LogP contribution in [0.3, 0.4) is 0 Å². The van der Waals surface area contributed by atoms with Gasteiger partial charge in [0.2, 0.25) is 0 Å². The van der Waals surface area contributed by atoms with Crippen molar-refractivity contribution in [1.82, 2.24) is 0 Å². The van der Waals surface area contributed by atoms with Crippen molar-refractivity contribution < 1.29 is 0 Å². The van der Waals surface area contributed by atoms with E-state index < -0.39 is 0 Å². The molecule has 2 N–H and O–H groups in total. The molecule has 1 aromatic carbocycles. The van der Waals surface area contributed by atoms with Crippen LogP contribution >= 0.6 is 11.8 Å². The Balaban J connectivity index is 2.08. The average Bonchev–Trinajstić information content (AvgIpc) is 2.87. The van der Waals surface area contributed by atoms with Crippen molar-refractivity contribution in [3.63, 3.8) is 0 Å². The van der Waals surface area contributed by atoms with Gasteiger partial charge in [-0.3, -0.25) is 0 Å². The zero-order valence-electron chi connectivity index (χ0n) is 11.6. The van der Waals surface area contributed by atoms with Crippen LogP contribution in [0, 0.1) is 13.8 Å². The first-order valence-electron chi connectivity index (χ1n) is 6.87. The number of thioether (sulfide) groups is 1. The van der Waals surface area contributed by atoms with E-state index in [4.69, 9.17) is 5.73 Å². The molecule has 100 valence electrons. The molecule has 0 amide bonds. The largest absolute Gasteiger partial charge is 0.340 e. The first kappa shape index (κ1) is 12.8. The zero-order valence-corrected chi connectivity index (χ0v) is 12.4. The van der Waals surface area contributed by atoms with Gasteiger partial charge in [0.05, 0.1) is 11.4 Å². The van der Waals surface area contributed by atoms with E-state index in [1.807, 2.05) is 11.8 Å². The van der Waals surface area contributed by atoms with Crippen molar-refractivity contribution in [1.29, 1.82) is 0 Å². The van der Waals surface area contributed by atoms with Crippen molar-refractivity contribution >= 4 is 17.4 Å². The smallest absolute Gasteiger partial charge is 0.0585 e. The molecule has 19 heavy (non-hydrogen) atoms. The van der Waals surface area contributed by atoms with Gasteiger partial charge in [-0.15, -0.1) is 0 Å². The van der Waals surface area contributed by atoms with Crippen molar-refractivity contribution in [2.24, 2.45) is 5.73 Å². The van der Waals surface area contributed by atoms with Crippen molar-refractivity contribution in [3.05, 3.63) is 46.0 Å². The van der Waals surface area contributed by atoms with E-state index in [0.717, 1.165) is 25.9 Å². The Morgan fingerprint density at radius 1 is 1.32 bits per heavy atom. The summed E-state index contributed by atoms with van der Waals surface area (Å²) in [5.74, 6) is 0. The van der Waals surface area contributed by atoms with Crippen LogP contribution in [0.5, 0.6) is 0 Å². The summed E-state index contributed by atoms with van der Waals surface area (Å²) in [7, 11) is 0. The summed E-state index contributed by atoms with van der Waals surface area (Å²) in [5.41, 5.74) is 11.2. The Kier molecular flexibility index (Phi) is 3.42. The summed E-state index contributed by atoms with van der Waals surface area (Å²) < 4.78 is 0. The molecule has 1 aromatic rings. The van der Waals surface area contributed by atoms with E-state index in [1.165, 1.54) is 32.3 Å². The quantitative estimate of drug-likeness (QED) is 0.909. The van der Waals surface area contributed by atoms with Crippen LogP contribution in [0.25, 0.3) is 0 Å². The molecule has 0 bridgehead atoms. The fraction of sp³-hybridized carbons (Fsp3) is 0.375. The number of nitrogens with two attached hydrogens (primary N) is 1. The topological polar surface area (TPSA) is 29.3 Å². The first-order chi connectivity index (χ1) is 9.22. The molecule has 3 heteroatoms. The van der Waals surface area contributed by atoms with Crippen LogP contribution in [0.15, 0.2) is 39.8 Å². The zero-order chi connectivity index (χ0) is 13.4. The van der Waals surface area contributed by atoms with Crippen LogP contribution in [0.1, 0.15) is 24.0 Å². The second-order valence-corrected chi connectivity index (χ2v) is 6.30. The van der Waals surface area contributed by atoms with Gasteiger partial charge in [-0.2, -0.15) is 0 Å². The van der Waals surface area contributed by atoms with Gasteiger partial charge in [-0.1, -0.05) is 23.9 Å². The van der Waals surface area contributed by atoms with E-state index in [1.54, 1.807) is 0 Å². The average molecular weight is 272 g/mol. The summed E-state index contributed by atoms with van der Waals surface area (Å²) >= 11 is 1.93. The lowest BCUT2D eigenvalue weighted by atomic mass is 10.1. The molecule has 1 aliphatic carbocycles. The predicted octanol–water partition coefficient (Wildman–Crippen LogP) is 3.74. The number of anilines is 1. The van der Waals surface area contributed by atoms with Crippen molar-refractivity contribution in [2.45, 2.75) is 31.6 Å². The lowest BCUT2D eigenvalue weighted by Gasteiger charge is -2.34. The molecule has 0 atom stereocenters. The summed E-state index contributed by atoms with van der Waals surface area (Å²) in [6, 6.07) is 4.50. The van der Waals surface area contributed by atoms with Gasteiger partial charge in [-0.25, -0.2) is 0 Å². The Morgan fingerprint density at radius 2 is 2.16 bits per heavy atom. The number of nitrogens with zero attached hydrogens (tertiary/aromatic N) is 1. The van der Waals surface area contributed by atoms with Gasteiger partial charge >= 0.3 is 0 Å². The molecule has 0 aromatic heterocycles. The Hall–Kier alpha value is -1.19. The number of rotatable bonds is 3. The molecular weight excluding hydrogens is 252 g/mol. The van der Waals surface area contributed by atoms with Gasteiger partial charge in [0, 0.05) is 16.3 Å². The lowest BCUT2D eigenvalue weighted by Crippen LogP contribution is -2.28. The fourth-order valence-electron chi connectivity index (χ4n) is 2.74. The highest BCUT2D eigenvalue weighted by molar-refractivity contribution is 8.03. The third-order valence-corrected chi connectivity index (χ3v) is 5.08. The van der Waals surface area contributed by atoms with Crippen LogP contribution in [0.2, 0.25) is 0 Å². The number of fused-ring (bicyclic) bond motifs is 1. The molecule has 0 unspecified atom stereocenters. The highest BCUT2D eigenvalue weighted by Crippen LogP contribution is 2.48. The molecule has 2 nitrogen and oxygen atoms in total. The fourth-order valence-corrected chi connectivity index (χ4v) is 3.96. The Bertz CT molecular complexity index is 572. The molecule has 3 rings (SSSR count). The highest BCUT2D eigenvalue weighted by Gasteiger charge is 2.27. The van der Waals surface area contributed by atoms with E-state index >= 15 is 0 Å². The molecular formula is C16H20N2S. The van der Waals surface area contributed by atoms with Crippen LogP contribution in [-0.2, 0) is 0 Å². The van der Waals surface area contributed by atoms with Crippen molar-refractivity contribution in [3.8, 4) is 0 Å². The molecule has 0 radical (unpaired) electrons. The van der Waals surface area contributed by atoms with E-state index in [2.05, 4.69) is 43.0 Å². The minimum Gasteiger partial charge on any atom is -0.340 e. The van der Waals surface area contributed by atoms with Gasteiger partial charge in [0.15, 0.2) is 0 Å². The number of benzene rings is 1. The summed E-state index contributed by atoms with van der Waals surface area (Å²) in [4.78, 5) is 5.34. The summed E-state index contributed by atoms with van der Waals surface area (Å²) in [5, 5.41) is 0. The third-order valence-electron chi connectivity index (χ3n) is 3.91. The molecule has 1 heterocycles. The number of allylic oxidation sites excluding steroid dienone is 3. The Morgan fingerprint density at radius 3 is 2.95 bits per heavy atom. The molecule has 0 spiro atoms. The summed E-state index contributed by atoms with van der Waals surface area (Å²) in [6.07, 6.45) is 6.64. The van der Waals surface area contributed by atoms with Gasteiger partial charge in [-0.05, 0) is 56.5 Å². The van der Waals surface area contributed by atoms with Gasteiger partial charge in [0.1, 0.15) is 0 Å². The second kappa shape index (κ2) is 5.06. The molecule has 0 saturated heterocycles. The molecule has 2 aliphatic rings. The monoisotopic (exact) mass is 272 g/mol. The second-order valence-electron chi connectivity index (χ2n) is 5.17. The van der Waals surface area contributed by atoms with Crippen molar-refractivity contribution in [2.75, 3.05) is 18.0 Å². The van der Waals surface area contributed by atoms with E-state index in [9.17, 15) is 0 Å². The minimum atomic E-state index is 0.746. The molecule has 0 fully saturated rings. The predicted molar refractivity (Wildman–Crippen MR) is 83.6 cm³/mol. The van der Waals surface area contributed by atoms with E-state index in [-0.39, 0.29) is 0 Å². The lowest BCUT2D eigenvalue weighted by molar-refractivity contribution is 0.792. The maximum Gasteiger partial charge on any atom is 0.0585 e. The highest BCUT2D eigenvalue weighted by atomic mass is 32.2. The molecule has 0 saturated carbocycles. The number of hydrogen-bond donors (Lipinski definition) is 1. The SMILES string of the molecule is Cc1ccc2c(c1C)N(CCCN)C1=C(CC=C1)S2. The maximum absolute atomic E-state index is 5.70. The summed E-state index contributed by atoms with van der Waals surface area (Å²) in [6.45, 7) is 6.18. The maximum atomic E-state index is 5.70. The van der Waals surface area contributed by atoms with Crippen LogP contribution in [-0.4, -0.2) is 13.1 Å². The molecule has 1 aliphatic heterocycles. The van der Waals surface area contributed by atoms with Gasteiger partial charge < -0.3 is 10.6 Å². The number of hydrogen-bond acceptors (Lipinski definition) is 3. The normalized spacial score (nSPS) is 16.9. The standard InChI is InChI=1S/C16H20N2S/c1-11-7-8-15-16(12(11)2)18(10-4-9-17)13-5-3-6-14(13)19-15/h3,5,7-8H,4,6,9-10,17H2,1-2H3. The Labute approximate surface area is 119 Å². The van der Waals surface area contributed by atoms with E-state index in [0.29, 0.717) is 0 Å².